The minimum atomic E-state index is -0.374. The molecule has 0 aliphatic carbocycles. The first-order valence-corrected chi connectivity index (χ1v) is 7.08. The molecule has 0 bridgehead atoms. The van der Waals surface area contributed by atoms with Crippen molar-refractivity contribution in [3.05, 3.63) is 0 Å². The van der Waals surface area contributed by atoms with Gasteiger partial charge in [-0.15, -0.1) is 0 Å². The van der Waals surface area contributed by atoms with Gasteiger partial charge >= 0.3 is 0 Å². The van der Waals surface area contributed by atoms with Crippen LogP contribution in [0.3, 0.4) is 0 Å². The highest BCUT2D eigenvalue weighted by Crippen LogP contribution is 2.31. The molecule has 96 valence electrons. The van der Waals surface area contributed by atoms with Gasteiger partial charge in [0.25, 0.3) is 0 Å². The fourth-order valence-electron chi connectivity index (χ4n) is 2.87. The minimum absolute atomic E-state index is 0.374. The van der Waals surface area contributed by atoms with Crippen molar-refractivity contribution in [2.24, 2.45) is 5.92 Å². The minimum Gasteiger partial charge on any atom is -0.390 e. The molecule has 0 aromatic carbocycles. The molecule has 1 atom stereocenters. The van der Waals surface area contributed by atoms with Gasteiger partial charge in [0, 0.05) is 6.54 Å². The van der Waals surface area contributed by atoms with Gasteiger partial charge in [0.05, 0.1) is 5.60 Å². The van der Waals surface area contributed by atoms with E-state index in [-0.39, 0.29) is 5.60 Å². The highest BCUT2D eigenvalue weighted by atomic mass is 16.3. The van der Waals surface area contributed by atoms with Gasteiger partial charge in [0.15, 0.2) is 0 Å². The Balaban J connectivity index is 2.49. The summed E-state index contributed by atoms with van der Waals surface area (Å²) < 4.78 is 0. The number of hydrogen-bond acceptors (Lipinski definition) is 2. The lowest BCUT2D eigenvalue weighted by molar-refractivity contribution is 0.000771. The van der Waals surface area contributed by atoms with Crippen molar-refractivity contribution in [3.63, 3.8) is 0 Å². The van der Waals surface area contributed by atoms with Crippen molar-refractivity contribution in [2.45, 2.75) is 64.9 Å². The lowest BCUT2D eigenvalue weighted by Gasteiger charge is -2.30. The number of hydrogen-bond donors (Lipinski definition) is 1. The van der Waals surface area contributed by atoms with Crippen LogP contribution in [-0.4, -0.2) is 35.2 Å². The molecule has 1 rings (SSSR count). The molecule has 16 heavy (non-hydrogen) atoms. The van der Waals surface area contributed by atoms with E-state index in [9.17, 15) is 5.11 Å². The Morgan fingerprint density at radius 3 is 2.38 bits per heavy atom. The largest absolute Gasteiger partial charge is 0.390 e. The summed E-state index contributed by atoms with van der Waals surface area (Å²) in [5.74, 6) is 0.707. The first-order valence-electron chi connectivity index (χ1n) is 7.08. The van der Waals surface area contributed by atoms with Gasteiger partial charge in [0.1, 0.15) is 0 Å². The molecule has 0 aromatic heterocycles. The lowest BCUT2D eigenvalue weighted by Crippen LogP contribution is -2.33. The lowest BCUT2D eigenvalue weighted by atomic mass is 9.83. The van der Waals surface area contributed by atoms with Crippen LogP contribution in [0, 0.1) is 5.92 Å². The number of likely N-dealkylation sites (tertiary alicyclic amines) is 1. The van der Waals surface area contributed by atoms with Gasteiger partial charge in [-0.05, 0) is 44.7 Å². The Bertz CT molecular complexity index is 191. The van der Waals surface area contributed by atoms with E-state index in [0.717, 1.165) is 38.8 Å². The van der Waals surface area contributed by atoms with Crippen molar-refractivity contribution >= 4 is 0 Å². The maximum Gasteiger partial charge on any atom is 0.0663 e. The Morgan fingerprint density at radius 2 is 1.81 bits per heavy atom. The Hall–Kier alpha value is -0.0800. The summed E-state index contributed by atoms with van der Waals surface area (Å²) in [6.45, 7) is 10.1. The van der Waals surface area contributed by atoms with E-state index in [1.54, 1.807) is 0 Å². The monoisotopic (exact) mass is 227 g/mol. The van der Waals surface area contributed by atoms with Crippen molar-refractivity contribution in [1.29, 1.82) is 0 Å². The van der Waals surface area contributed by atoms with E-state index in [2.05, 4.69) is 25.7 Å². The highest BCUT2D eigenvalue weighted by molar-refractivity contribution is 4.85. The van der Waals surface area contributed by atoms with Crippen molar-refractivity contribution in [2.75, 3.05) is 19.6 Å². The summed E-state index contributed by atoms with van der Waals surface area (Å²) >= 11 is 0. The molecular formula is C14H29NO. The van der Waals surface area contributed by atoms with Crippen LogP contribution in [-0.2, 0) is 0 Å². The van der Waals surface area contributed by atoms with E-state index in [1.807, 2.05) is 0 Å². The molecule has 1 unspecified atom stereocenters. The summed E-state index contributed by atoms with van der Waals surface area (Å²) in [7, 11) is 0. The molecule has 1 fully saturated rings. The first-order chi connectivity index (χ1) is 7.63. The zero-order chi connectivity index (χ0) is 12.0. The van der Waals surface area contributed by atoms with Crippen LogP contribution >= 0.6 is 0 Å². The van der Waals surface area contributed by atoms with E-state index in [0.29, 0.717) is 5.92 Å². The third-order valence-corrected chi connectivity index (χ3v) is 4.28. The molecule has 0 spiro atoms. The van der Waals surface area contributed by atoms with Crippen LogP contribution in [0.5, 0.6) is 0 Å². The van der Waals surface area contributed by atoms with E-state index < -0.39 is 0 Å². The van der Waals surface area contributed by atoms with Gasteiger partial charge in [-0.1, -0.05) is 33.6 Å². The Morgan fingerprint density at radius 1 is 1.12 bits per heavy atom. The van der Waals surface area contributed by atoms with Crippen LogP contribution in [0.15, 0.2) is 0 Å². The Labute approximate surface area is 101 Å². The van der Waals surface area contributed by atoms with Gasteiger partial charge in [-0.25, -0.2) is 0 Å². The standard InChI is InChI=1S/C14H29NO/c1-4-13(5-2)12-14(16)8-7-10-15(6-3)11-9-14/h13,16H,4-12H2,1-3H3. The summed E-state index contributed by atoms with van der Waals surface area (Å²) in [5, 5.41) is 10.7. The molecule has 1 aliphatic heterocycles. The van der Waals surface area contributed by atoms with Crippen molar-refractivity contribution in [1.82, 2.24) is 4.90 Å². The number of nitrogens with zero attached hydrogens (tertiary/aromatic N) is 1. The van der Waals surface area contributed by atoms with E-state index in [4.69, 9.17) is 0 Å². The fourth-order valence-corrected chi connectivity index (χ4v) is 2.87. The Kier molecular flexibility index (Phi) is 5.77. The molecular weight excluding hydrogens is 198 g/mol. The third-order valence-electron chi connectivity index (χ3n) is 4.28. The van der Waals surface area contributed by atoms with Crippen molar-refractivity contribution < 1.29 is 5.11 Å². The summed E-state index contributed by atoms with van der Waals surface area (Å²) in [6, 6.07) is 0. The number of aliphatic hydroxyl groups is 1. The van der Waals surface area contributed by atoms with Gasteiger partial charge in [0.2, 0.25) is 0 Å². The normalized spacial score (nSPS) is 28.3. The molecule has 0 amide bonds. The summed E-state index contributed by atoms with van der Waals surface area (Å²) in [5.41, 5.74) is -0.374. The SMILES string of the molecule is CCC(CC)CC1(O)CCCN(CC)CC1. The summed E-state index contributed by atoms with van der Waals surface area (Å²) in [6.07, 6.45) is 6.55. The second-order valence-electron chi connectivity index (χ2n) is 5.40. The van der Waals surface area contributed by atoms with Gasteiger partial charge in [-0.2, -0.15) is 0 Å². The molecule has 2 nitrogen and oxygen atoms in total. The van der Waals surface area contributed by atoms with Crippen LogP contribution in [0.4, 0.5) is 0 Å². The quantitative estimate of drug-likeness (QED) is 0.780. The molecule has 1 saturated heterocycles. The van der Waals surface area contributed by atoms with Crippen LogP contribution in [0.25, 0.3) is 0 Å². The molecule has 2 heteroatoms. The fraction of sp³-hybridized carbons (Fsp3) is 1.00. The predicted molar refractivity (Wildman–Crippen MR) is 69.6 cm³/mol. The van der Waals surface area contributed by atoms with Crippen LogP contribution in [0.2, 0.25) is 0 Å². The third kappa shape index (κ3) is 4.06. The molecule has 1 N–H and O–H groups in total. The zero-order valence-corrected chi connectivity index (χ0v) is 11.3. The molecule has 1 aliphatic rings. The maximum atomic E-state index is 10.7. The molecule has 0 saturated carbocycles. The molecule has 0 radical (unpaired) electrons. The van der Waals surface area contributed by atoms with Crippen LogP contribution < -0.4 is 0 Å². The maximum absolute atomic E-state index is 10.7. The second kappa shape index (κ2) is 6.61. The topological polar surface area (TPSA) is 23.5 Å². The van der Waals surface area contributed by atoms with Crippen LogP contribution in [0.1, 0.15) is 59.3 Å². The average Bonchev–Trinajstić information content (AvgIpc) is 2.48. The molecule has 0 aromatic rings. The smallest absolute Gasteiger partial charge is 0.0663 e. The van der Waals surface area contributed by atoms with Crippen molar-refractivity contribution in [3.8, 4) is 0 Å². The zero-order valence-electron chi connectivity index (χ0n) is 11.3. The van der Waals surface area contributed by atoms with E-state index in [1.165, 1.54) is 19.4 Å². The van der Waals surface area contributed by atoms with Gasteiger partial charge in [-0.3, -0.25) is 0 Å². The number of rotatable bonds is 5. The molecule has 1 heterocycles. The van der Waals surface area contributed by atoms with E-state index >= 15 is 0 Å². The summed E-state index contributed by atoms with van der Waals surface area (Å²) in [4.78, 5) is 2.46. The van der Waals surface area contributed by atoms with Gasteiger partial charge < -0.3 is 10.0 Å². The predicted octanol–water partition coefficient (Wildman–Crippen LogP) is 3.05. The first kappa shape index (κ1) is 14.0. The average molecular weight is 227 g/mol. The second-order valence-corrected chi connectivity index (χ2v) is 5.40. The highest BCUT2D eigenvalue weighted by Gasteiger charge is 2.31.